The molecular weight excluding hydrogens is 363 g/mol. The van der Waals surface area contributed by atoms with E-state index in [4.69, 9.17) is 0 Å². The highest BCUT2D eigenvalue weighted by Crippen LogP contribution is 2.16. The number of hydrogen-bond acceptors (Lipinski definition) is 4. The van der Waals surface area contributed by atoms with E-state index in [1.807, 2.05) is 31.9 Å². The first-order valence-electron chi connectivity index (χ1n) is 8.74. The van der Waals surface area contributed by atoms with E-state index in [1.54, 1.807) is 40.7 Å². The maximum Gasteiger partial charge on any atom is 0.194 e. The van der Waals surface area contributed by atoms with Crippen LogP contribution in [0.5, 0.6) is 0 Å². The van der Waals surface area contributed by atoms with Gasteiger partial charge in [-0.25, -0.2) is 19.4 Å². The molecule has 0 aliphatic carbocycles. The summed E-state index contributed by atoms with van der Waals surface area (Å²) in [5.41, 5.74) is 2.30. The fourth-order valence-electron chi connectivity index (χ4n) is 2.69. The van der Waals surface area contributed by atoms with E-state index in [0.29, 0.717) is 18.8 Å². The molecule has 1 N–H and O–H groups in total. The van der Waals surface area contributed by atoms with Crippen molar-refractivity contribution in [2.24, 2.45) is 4.99 Å². The largest absolute Gasteiger partial charge is 0.357 e. The Bertz CT molecular complexity index is 903. The van der Waals surface area contributed by atoms with E-state index in [-0.39, 0.29) is 5.82 Å². The van der Waals surface area contributed by atoms with Crippen molar-refractivity contribution in [3.8, 4) is 5.69 Å². The Kier molecular flexibility index (Phi) is 6.18. The second-order valence-corrected chi connectivity index (χ2v) is 7.20. The van der Waals surface area contributed by atoms with E-state index in [9.17, 15) is 4.39 Å². The van der Waals surface area contributed by atoms with Crippen LogP contribution in [0.1, 0.15) is 23.2 Å². The van der Waals surface area contributed by atoms with Crippen molar-refractivity contribution in [2.45, 2.75) is 26.9 Å². The molecule has 3 rings (SSSR count). The highest BCUT2D eigenvalue weighted by Gasteiger charge is 2.10. The normalized spacial score (nSPS) is 11.6. The lowest BCUT2D eigenvalue weighted by Crippen LogP contribution is -2.38. The van der Waals surface area contributed by atoms with Crippen molar-refractivity contribution in [3.05, 3.63) is 64.4 Å². The van der Waals surface area contributed by atoms with Gasteiger partial charge >= 0.3 is 0 Å². The van der Waals surface area contributed by atoms with Crippen LogP contribution in [0.4, 0.5) is 4.39 Å². The number of nitrogens with one attached hydrogen (secondary N) is 1. The summed E-state index contributed by atoms with van der Waals surface area (Å²) in [6.07, 6.45) is 4.92. The summed E-state index contributed by atoms with van der Waals surface area (Å²) in [5.74, 6) is 0.472. The molecule has 1 aromatic carbocycles. The van der Waals surface area contributed by atoms with Crippen LogP contribution >= 0.6 is 11.3 Å². The SMILES string of the molecule is CCNC(=NCc1ccc(-n2ccnc2)c(F)c1)N(C)Cc1csc(C)n1. The summed E-state index contributed by atoms with van der Waals surface area (Å²) < 4.78 is 16.1. The zero-order chi connectivity index (χ0) is 19.2. The van der Waals surface area contributed by atoms with Crippen LogP contribution in [0.25, 0.3) is 5.69 Å². The Hall–Kier alpha value is -2.74. The molecule has 0 saturated heterocycles. The average Bonchev–Trinajstić information content (AvgIpc) is 3.30. The minimum atomic E-state index is -0.294. The Morgan fingerprint density at radius 2 is 2.26 bits per heavy atom. The molecule has 27 heavy (non-hydrogen) atoms. The van der Waals surface area contributed by atoms with Gasteiger partial charge < -0.3 is 14.8 Å². The van der Waals surface area contributed by atoms with Crippen molar-refractivity contribution >= 4 is 17.3 Å². The number of guanidine groups is 1. The minimum Gasteiger partial charge on any atom is -0.357 e. The van der Waals surface area contributed by atoms with Gasteiger partial charge in [0.1, 0.15) is 5.82 Å². The fourth-order valence-corrected chi connectivity index (χ4v) is 3.30. The molecule has 2 heterocycles. The van der Waals surface area contributed by atoms with Crippen molar-refractivity contribution < 1.29 is 4.39 Å². The van der Waals surface area contributed by atoms with Crippen LogP contribution in [0.3, 0.4) is 0 Å². The molecule has 0 saturated carbocycles. The third-order valence-electron chi connectivity index (χ3n) is 3.97. The van der Waals surface area contributed by atoms with Crippen molar-refractivity contribution in [2.75, 3.05) is 13.6 Å². The monoisotopic (exact) mass is 386 g/mol. The number of nitrogens with zero attached hydrogens (tertiary/aromatic N) is 5. The highest BCUT2D eigenvalue weighted by atomic mass is 32.1. The van der Waals surface area contributed by atoms with Gasteiger partial charge in [0, 0.05) is 31.4 Å². The molecule has 8 heteroatoms. The van der Waals surface area contributed by atoms with E-state index < -0.39 is 0 Å². The molecule has 0 unspecified atom stereocenters. The van der Waals surface area contributed by atoms with Crippen LogP contribution in [0, 0.1) is 12.7 Å². The third kappa shape index (κ3) is 4.91. The predicted octanol–water partition coefficient (Wildman–Crippen LogP) is 3.37. The minimum absolute atomic E-state index is 0.294. The maximum atomic E-state index is 14.4. The number of aromatic nitrogens is 3. The van der Waals surface area contributed by atoms with Crippen LogP contribution in [0.15, 0.2) is 47.3 Å². The number of hydrogen-bond donors (Lipinski definition) is 1. The summed E-state index contributed by atoms with van der Waals surface area (Å²) in [6, 6.07) is 5.15. The van der Waals surface area contributed by atoms with Crippen LogP contribution < -0.4 is 5.32 Å². The predicted molar refractivity (Wildman–Crippen MR) is 107 cm³/mol. The lowest BCUT2D eigenvalue weighted by Gasteiger charge is -2.21. The Balaban J connectivity index is 1.71. The smallest absolute Gasteiger partial charge is 0.194 e. The van der Waals surface area contributed by atoms with E-state index >= 15 is 0 Å². The quantitative estimate of drug-likeness (QED) is 0.521. The first-order chi connectivity index (χ1) is 13.1. The number of thiazole rings is 1. The molecule has 142 valence electrons. The standard InChI is InChI=1S/C19H23FN6S/c1-4-22-19(25(3)11-16-12-27-14(2)24-16)23-10-15-5-6-18(17(20)9-15)26-8-7-21-13-26/h5-9,12-13H,4,10-11H2,1-3H3,(H,22,23). The average molecular weight is 387 g/mol. The molecule has 0 aliphatic rings. The zero-order valence-corrected chi connectivity index (χ0v) is 16.5. The summed E-state index contributed by atoms with van der Waals surface area (Å²) in [6.45, 7) is 5.84. The summed E-state index contributed by atoms with van der Waals surface area (Å²) >= 11 is 1.64. The Morgan fingerprint density at radius 1 is 1.41 bits per heavy atom. The van der Waals surface area contributed by atoms with Crippen molar-refractivity contribution in [1.82, 2.24) is 24.8 Å². The van der Waals surface area contributed by atoms with Gasteiger partial charge in [-0.2, -0.15) is 0 Å². The molecule has 3 aromatic rings. The number of aliphatic imine (C=N–C) groups is 1. The lowest BCUT2D eigenvalue weighted by molar-refractivity contribution is 0.470. The lowest BCUT2D eigenvalue weighted by atomic mass is 10.2. The Morgan fingerprint density at radius 3 is 2.89 bits per heavy atom. The zero-order valence-electron chi connectivity index (χ0n) is 15.7. The number of rotatable bonds is 6. The molecule has 6 nitrogen and oxygen atoms in total. The van der Waals surface area contributed by atoms with E-state index in [0.717, 1.165) is 28.8 Å². The van der Waals surface area contributed by atoms with Crippen molar-refractivity contribution in [3.63, 3.8) is 0 Å². The van der Waals surface area contributed by atoms with Gasteiger partial charge in [-0.15, -0.1) is 11.3 Å². The number of benzene rings is 1. The van der Waals surface area contributed by atoms with Gasteiger partial charge in [-0.1, -0.05) is 6.07 Å². The number of aryl methyl sites for hydroxylation is 1. The van der Waals surface area contributed by atoms with Gasteiger partial charge in [0.15, 0.2) is 5.96 Å². The van der Waals surface area contributed by atoms with E-state index in [2.05, 4.69) is 25.7 Å². The van der Waals surface area contributed by atoms with Gasteiger partial charge in [0.05, 0.1) is 35.8 Å². The number of halogens is 1. The molecule has 0 radical (unpaired) electrons. The van der Waals surface area contributed by atoms with Gasteiger partial charge in [0.2, 0.25) is 0 Å². The van der Waals surface area contributed by atoms with Crippen LogP contribution in [-0.4, -0.2) is 39.0 Å². The van der Waals surface area contributed by atoms with E-state index in [1.165, 1.54) is 6.07 Å². The van der Waals surface area contributed by atoms with Crippen LogP contribution in [-0.2, 0) is 13.1 Å². The van der Waals surface area contributed by atoms with Crippen molar-refractivity contribution in [1.29, 1.82) is 0 Å². The second kappa shape index (κ2) is 8.77. The molecule has 2 aromatic heterocycles. The van der Waals surface area contributed by atoms with Crippen LogP contribution in [0.2, 0.25) is 0 Å². The Labute approximate surface area is 162 Å². The molecule has 0 aliphatic heterocycles. The summed E-state index contributed by atoms with van der Waals surface area (Å²) in [4.78, 5) is 15.1. The topological polar surface area (TPSA) is 58.3 Å². The molecule has 0 amide bonds. The first-order valence-corrected chi connectivity index (χ1v) is 9.62. The fraction of sp³-hybridized carbons (Fsp3) is 0.316. The van der Waals surface area contributed by atoms with Gasteiger partial charge in [0.25, 0.3) is 0 Å². The molecular formula is C19H23FN6S. The molecule has 0 atom stereocenters. The third-order valence-corrected chi connectivity index (χ3v) is 4.79. The summed E-state index contributed by atoms with van der Waals surface area (Å²) in [5, 5.41) is 6.38. The summed E-state index contributed by atoms with van der Waals surface area (Å²) in [7, 11) is 1.97. The molecule has 0 fully saturated rings. The number of imidazole rings is 1. The van der Waals surface area contributed by atoms with Gasteiger partial charge in [-0.3, -0.25) is 0 Å². The molecule has 0 spiro atoms. The van der Waals surface area contributed by atoms with Gasteiger partial charge in [-0.05, 0) is 31.5 Å². The highest BCUT2D eigenvalue weighted by molar-refractivity contribution is 7.09. The molecule has 0 bridgehead atoms. The second-order valence-electron chi connectivity index (χ2n) is 6.14. The maximum absolute atomic E-state index is 14.4. The first kappa shape index (κ1) is 19.0.